The lowest BCUT2D eigenvalue weighted by Gasteiger charge is -2.20. The zero-order valence-corrected chi connectivity index (χ0v) is 5.85. The monoisotopic (exact) mass is 126 g/mol. The maximum Gasteiger partial charge on any atom is 0.0270 e. The van der Waals surface area contributed by atoms with Crippen LogP contribution in [-0.4, -0.2) is 6.04 Å². The second-order valence-corrected chi connectivity index (χ2v) is 2.71. The molecule has 1 aliphatic carbocycles. The van der Waals surface area contributed by atoms with E-state index in [0.717, 1.165) is 25.0 Å². The lowest BCUT2D eigenvalue weighted by atomic mass is 9.94. The molecule has 0 spiro atoms. The van der Waals surface area contributed by atoms with Crippen LogP contribution in [0.3, 0.4) is 0 Å². The van der Waals surface area contributed by atoms with Crippen LogP contribution in [0.5, 0.6) is 0 Å². The van der Waals surface area contributed by atoms with Crippen LogP contribution in [-0.2, 0) is 0 Å². The number of rotatable bonds is 0. The minimum Gasteiger partial charge on any atom is -0.402 e. The van der Waals surface area contributed by atoms with E-state index in [9.17, 15) is 0 Å². The minimum absolute atomic E-state index is 0.235. The first-order valence-electron chi connectivity index (χ1n) is 3.42. The largest absolute Gasteiger partial charge is 0.402 e. The molecule has 0 radical (unpaired) electrons. The van der Waals surface area contributed by atoms with E-state index in [4.69, 9.17) is 11.5 Å². The first kappa shape index (κ1) is 6.62. The van der Waals surface area contributed by atoms with Crippen molar-refractivity contribution in [3.05, 3.63) is 11.3 Å². The molecule has 0 aromatic rings. The van der Waals surface area contributed by atoms with Crippen molar-refractivity contribution < 1.29 is 0 Å². The summed E-state index contributed by atoms with van der Waals surface area (Å²) in [6.45, 7) is 2.03. The van der Waals surface area contributed by atoms with Gasteiger partial charge in [0.2, 0.25) is 0 Å². The van der Waals surface area contributed by atoms with Crippen LogP contribution in [0.1, 0.15) is 26.2 Å². The van der Waals surface area contributed by atoms with Gasteiger partial charge in [-0.2, -0.15) is 0 Å². The molecule has 4 N–H and O–H groups in total. The second-order valence-electron chi connectivity index (χ2n) is 2.71. The van der Waals surface area contributed by atoms with E-state index in [1.807, 2.05) is 6.92 Å². The fourth-order valence-corrected chi connectivity index (χ4v) is 1.16. The molecule has 2 nitrogen and oxygen atoms in total. The van der Waals surface area contributed by atoms with Gasteiger partial charge in [0.1, 0.15) is 0 Å². The van der Waals surface area contributed by atoms with Crippen LogP contribution >= 0.6 is 0 Å². The number of hydrogen-bond donors (Lipinski definition) is 2. The molecule has 0 aromatic carbocycles. The van der Waals surface area contributed by atoms with Crippen molar-refractivity contribution in [3.8, 4) is 0 Å². The molecule has 0 fully saturated rings. The molecule has 0 amide bonds. The standard InChI is InChI=1S/C7H14N2/c1-5-6(8)3-2-4-7(5)9/h6H,2-4,8-9H2,1H3. The van der Waals surface area contributed by atoms with Gasteiger partial charge in [-0.15, -0.1) is 0 Å². The lowest BCUT2D eigenvalue weighted by Crippen LogP contribution is -2.27. The van der Waals surface area contributed by atoms with E-state index in [2.05, 4.69) is 0 Å². The Kier molecular flexibility index (Phi) is 1.76. The summed E-state index contributed by atoms with van der Waals surface area (Å²) < 4.78 is 0. The highest BCUT2D eigenvalue weighted by atomic mass is 14.7. The highest BCUT2D eigenvalue weighted by Gasteiger charge is 2.13. The van der Waals surface area contributed by atoms with Gasteiger partial charge in [-0.1, -0.05) is 0 Å². The van der Waals surface area contributed by atoms with E-state index < -0.39 is 0 Å². The summed E-state index contributed by atoms with van der Waals surface area (Å²) in [6.07, 6.45) is 3.30. The maximum atomic E-state index is 5.73. The molecule has 0 saturated carbocycles. The molecule has 52 valence electrons. The normalized spacial score (nSPS) is 28.9. The quantitative estimate of drug-likeness (QED) is 0.502. The van der Waals surface area contributed by atoms with Crippen molar-refractivity contribution in [2.24, 2.45) is 11.5 Å². The Hall–Kier alpha value is -0.500. The fourth-order valence-electron chi connectivity index (χ4n) is 1.16. The van der Waals surface area contributed by atoms with E-state index in [0.29, 0.717) is 0 Å². The average molecular weight is 126 g/mol. The van der Waals surface area contributed by atoms with E-state index in [1.54, 1.807) is 0 Å². The maximum absolute atomic E-state index is 5.73. The predicted molar refractivity (Wildman–Crippen MR) is 38.7 cm³/mol. The van der Waals surface area contributed by atoms with E-state index in [1.165, 1.54) is 5.57 Å². The number of hydrogen-bond acceptors (Lipinski definition) is 2. The zero-order valence-electron chi connectivity index (χ0n) is 5.85. The topological polar surface area (TPSA) is 52.0 Å². The second kappa shape index (κ2) is 2.40. The Morgan fingerprint density at radius 3 is 2.67 bits per heavy atom. The first-order chi connectivity index (χ1) is 4.22. The third-order valence-electron chi connectivity index (χ3n) is 2.02. The summed E-state index contributed by atoms with van der Waals surface area (Å²) in [7, 11) is 0. The molecule has 0 aromatic heterocycles. The highest BCUT2D eigenvalue weighted by molar-refractivity contribution is 5.17. The molecule has 0 saturated heterocycles. The van der Waals surface area contributed by atoms with Crippen molar-refractivity contribution in [2.45, 2.75) is 32.2 Å². The Balaban J connectivity index is 2.72. The summed E-state index contributed by atoms with van der Waals surface area (Å²) in [6, 6.07) is 0.235. The van der Waals surface area contributed by atoms with Gasteiger partial charge in [0.25, 0.3) is 0 Å². The van der Waals surface area contributed by atoms with Crippen molar-refractivity contribution >= 4 is 0 Å². The minimum atomic E-state index is 0.235. The molecule has 1 unspecified atom stereocenters. The average Bonchev–Trinajstić information content (AvgIpc) is 1.83. The molecule has 0 aliphatic heterocycles. The molecule has 1 atom stereocenters. The Labute approximate surface area is 55.9 Å². The smallest absolute Gasteiger partial charge is 0.0270 e. The summed E-state index contributed by atoms with van der Waals surface area (Å²) in [5.74, 6) is 0. The third kappa shape index (κ3) is 1.24. The highest BCUT2D eigenvalue weighted by Crippen LogP contribution is 2.19. The van der Waals surface area contributed by atoms with Gasteiger partial charge >= 0.3 is 0 Å². The fraction of sp³-hybridized carbons (Fsp3) is 0.714. The molecule has 0 heterocycles. The van der Waals surface area contributed by atoms with Gasteiger partial charge in [0, 0.05) is 11.7 Å². The lowest BCUT2D eigenvalue weighted by molar-refractivity contribution is 0.591. The van der Waals surface area contributed by atoms with Gasteiger partial charge in [-0.3, -0.25) is 0 Å². The van der Waals surface area contributed by atoms with Crippen molar-refractivity contribution in [1.82, 2.24) is 0 Å². The first-order valence-corrected chi connectivity index (χ1v) is 3.42. The molecule has 9 heavy (non-hydrogen) atoms. The Bertz CT molecular complexity index is 138. The van der Waals surface area contributed by atoms with Crippen LogP contribution in [0.25, 0.3) is 0 Å². The van der Waals surface area contributed by atoms with Crippen LogP contribution in [0.2, 0.25) is 0 Å². The van der Waals surface area contributed by atoms with Crippen LogP contribution in [0, 0.1) is 0 Å². The molecule has 1 rings (SSSR count). The molecular weight excluding hydrogens is 112 g/mol. The number of allylic oxidation sites excluding steroid dienone is 1. The van der Waals surface area contributed by atoms with Crippen LogP contribution < -0.4 is 11.5 Å². The third-order valence-corrected chi connectivity index (χ3v) is 2.02. The SMILES string of the molecule is CC1=C(N)CCCC1N. The van der Waals surface area contributed by atoms with Crippen molar-refractivity contribution in [3.63, 3.8) is 0 Å². The summed E-state index contributed by atoms with van der Waals surface area (Å²) >= 11 is 0. The zero-order chi connectivity index (χ0) is 6.85. The molecule has 0 bridgehead atoms. The predicted octanol–water partition coefficient (Wildman–Crippen LogP) is 0.730. The van der Waals surface area contributed by atoms with Crippen molar-refractivity contribution in [1.29, 1.82) is 0 Å². The van der Waals surface area contributed by atoms with E-state index >= 15 is 0 Å². The van der Waals surface area contributed by atoms with Gasteiger partial charge in [-0.25, -0.2) is 0 Å². The van der Waals surface area contributed by atoms with Gasteiger partial charge in [0.05, 0.1) is 0 Å². The van der Waals surface area contributed by atoms with Gasteiger partial charge in [-0.05, 0) is 31.8 Å². The summed E-state index contributed by atoms with van der Waals surface area (Å²) in [5, 5.41) is 0. The molecular formula is C7H14N2. The summed E-state index contributed by atoms with van der Waals surface area (Å²) in [4.78, 5) is 0. The Morgan fingerprint density at radius 2 is 2.22 bits per heavy atom. The Morgan fingerprint density at radius 1 is 1.56 bits per heavy atom. The van der Waals surface area contributed by atoms with Gasteiger partial charge in [0.15, 0.2) is 0 Å². The van der Waals surface area contributed by atoms with Crippen LogP contribution in [0.4, 0.5) is 0 Å². The number of nitrogens with two attached hydrogens (primary N) is 2. The van der Waals surface area contributed by atoms with Gasteiger partial charge < -0.3 is 11.5 Å². The van der Waals surface area contributed by atoms with E-state index in [-0.39, 0.29) is 6.04 Å². The molecule has 2 heteroatoms. The molecule has 1 aliphatic rings. The van der Waals surface area contributed by atoms with Crippen molar-refractivity contribution in [2.75, 3.05) is 0 Å². The van der Waals surface area contributed by atoms with Crippen LogP contribution in [0.15, 0.2) is 11.3 Å². The summed E-state index contributed by atoms with van der Waals surface area (Å²) in [5.41, 5.74) is 13.6.